The van der Waals surface area contributed by atoms with Gasteiger partial charge in [-0.25, -0.2) is 9.59 Å². The Morgan fingerprint density at radius 2 is 2.06 bits per heavy atom. The van der Waals surface area contributed by atoms with Crippen LogP contribution in [-0.2, 0) is 25.7 Å². The molecule has 9 heteroatoms. The van der Waals surface area contributed by atoms with Gasteiger partial charge in [0.25, 0.3) is 0 Å². The monoisotopic (exact) mass is 445 g/mol. The number of carbonyl (C=O) groups excluding carboxylic acids is 2. The van der Waals surface area contributed by atoms with Crippen molar-refractivity contribution in [1.29, 1.82) is 0 Å². The minimum absolute atomic E-state index is 0.124. The van der Waals surface area contributed by atoms with Crippen LogP contribution in [0.5, 0.6) is 0 Å². The van der Waals surface area contributed by atoms with Crippen molar-refractivity contribution in [3.63, 3.8) is 0 Å². The number of cyclic esters (lactones) is 1. The molecule has 4 bridgehead atoms. The van der Waals surface area contributed by atoms with Crippen molar-refractivity contribution >= 4 is 24.0 Å². The summed E-state index contributed by atoms with van der Waals surface area (Å²) in [4.78, 5) is 43.4. The van der Waals surface area contributed by atoms with Gasteiger partial charge in [-0.3, -0.25) is 9.78 Å². The summed E-state index contributed by atoms with van der Waals surface area (Å²) in [6.07, 6.45) is 4.21. The van der Waals surface area contributed by atoms with Crippen molar-refractivity contribution in [2.75, 3.05) is 13.2 Å². The number of aliphatic carboxylic acids is 1. The summed E-state index contributed by atoms with van der Waals surface area (Å²) in [5, 5.41) is 12.4. The molecule has 0 saturated carbocycles. The van der Waals surface area contributed by atoms with Crippen LogP contribution >= 0.6 is 0 Å². The maximum atomic E-state index is 13.4. The molecule has 2 aliphatic rings. The average molecular weight is 446 g/mol. The summed E-state index contributed by atoms with van der Waals surface area (Å²) in [7, 11) is 0. The Morgan fingerprint density at radius 1 is 1.28 bits per heavy atom. The number of fused-ring (bicyclic) bond motifs is 4. The van der Waals surface area contributed by atoms with E-state index in [-0.39, 0.29) is 26.2 Å². The van der Waals surface area contributed by atoms with Gasteiger partial charge >= 0.3 is 12.1 Å². The van der Waals surface area contributed by atoms with Crippen LogP contribution in [0, 0.1) is 5.41 Å². The lowest BCUT2D eigenvalue weighted by Gasteiger charge is -2.34. The van der Waals surface area contributed by atoms with Gasteiger partial charge in [-0.15, -0.1) is 0 Å². The Kier molecular flexibility index (Phi) is 7.50. The first-order chi connectivity index (χ1) is 15.1. The maximum Gasteiger partial charge on any atom is 0.407 e. The van der Waals surface area contributed by atoms with Crippen LogP contribution < -0.4 is 5.32 Å². The summed E-state index contributed by atoms with van der Waals surface area (Å²) < 4.78 is 11.2. The van der Waals surface area contributed by atoms with Crippen molar-refractivity contribution in [3.8, 4) is 0 Å². The number of rotatable bonds is 1. The molecular weight excluding hydrogens is 414 g/mol. The summed E-state index contributed by atoms with van der Waals surface area (Å²) in [6, 6.07) is 3.65. The minimum Gasteiger partial charge on any atom is -0.480 e. The number of allylic oxidation sites excluding steroid dienone is 1. The lowest BCUT2D eigenvalue weighted by Crippen LogP contribution is -2.56. The predicted octanol–water partition coefficient (Wildman–Crippen LogP) is 2.60. The topological polar surface area (TPSA) is 118 Å². The zero-order chi connectivity index (χ0) is 23.3. The molecule has 1 fully saturated rings. The molecule has 2 aliphatic heterocycles. The van der Waals surface area contributed by atoms with E-state index in [1.165, 1.54) is 4.90 Å². The second-order valence-corrected chi connectivity index (χ2v) is 9.19. The molecular formula is C23H31N3O6. The third-order valence-corrected chi connectivity index (χ3v) is 5.54. The molecule has 2 N–H and O–H groups in total. The minimum atomic E-state index is -1.10. The van der Waals surface area contributed by atoms with Gasteiger partial charge in [-0.2, -0.15) is 0 Å². The third kappa shape index (κ3) is 6.06. The Morgan fingerprint density at radius 3 is 2.78 bits per heavy atom. The normalized spacial score (nSPS) is 25.5. The number of carboxylic acid groups (broad SMARTS) is 1. The van der Waals surface area contributed by atoms with Gasteiger partial charge in [0.05, 0.1) is 30.7 Å². The molecule has 1 aromatic rings. The number of pyridine rings is 1. The largest absolute Gasteiger partial charge is 0.480 e. The molecule has 0 spiro atoms. The van der Waals surface area contributed by atoms with Crippen LogP contribution in [0.4, 0.5) is 4.79 Å². The third-order valence-electron chi connectivity index (χ3n) is 5.54. The fraction of sp³-hybridized carbons (Fsp3) is 0.565. The molecule has 0 unspecified atom stereocenters. The number of aromatic nitrogens is 1. The first-order valence-electron chi connectivity index (χ1n) is 10.9. The average Bonchev–Trinajstić information content (AvgIpc) is 3.16. The van der Waals surface area contributed by atoms with Gasteiger partial charge in [0.1, 0.15) is 12.1 Å². The van der Waals surface area contributed by atoms with Gasteiger partial charge in [-0.1, -0.05) is 32.9 Å². The number of hydrogen-bond acceptors (Lipinski definition) is 6. The van der Waals surface area contributed by atoms with E-state index in [0.717, 1.165) is 11.4 Å². The standard InChI is InChI=1S/C23H31N3O6/c1-23(2,3)19-20(27)26-13-17(12-18(26)21(28)29)32-14-16-10-7-9-15(24-16)8-5-4-6-11-31-22(30)25-19/h5,7-10,17-19H,4,6,11-14H2,1-3H3,(H,25,30)(H,28,29)/t17-,18+,19-/m1/s1. The molecule has 0 aliphatic carbocycles. The van der Waals surface area contributed by atoms with E-state index >= 15 is 0 Å². The van der Waals surface area contributed by atoms with E-state index < -0.39 is 41.6 Å². The number of ether oxygens (including phenoxy) is 2. The second kappa shape index (κ2) is 10.1. The van der Waals surface area contributed by atoms with Gasteiger partial charge in [0.15, 0.2) is 0 Å². The number of carboxylic acids is 1. The van der Waals surface area contributed by atoms with Crippen LogP contribution in [0.1, 0.15) is 51.4 Å². The van der Waals surface area contributed by atoms with Crippen molar-refractivity contribution in [2.24, 2.45) is 5.41 Å². The molecule has 1 saturated heterocycles. The van der Waals surface area contributed by atoms with Gasteiger partial charge < -0.3 is 24.8 Å². The first-order valence-corrected chi connectivity index (χ1v) is 10.9. The number of carbonyl (C=O) groups is 3. The van der Waals surface area contributed by atoms with Crippen molar-refractivity contribution in [1.82, 2.24) is 15.2 Å². The highest BCUT2D eigenvalue weighted by Gasteiger charge is 2.45. The Bertz CT molecular complexity index is 879. The lowest BCUT2D eigenvalue weighted by molar-refractivity contribution is -0.150. The van der Waals surface area contributed by atoms with Crippen LogP contribution in [0.15, 0.2) is 24.3 Å². The van der Waals surface area contributed by atoms with E-state index in [0.29, 0.717) is 12.8 Å². The molecule has 9 nitrogen and oxygen atoms in total. The summed E-state index contributed by atoms with van der Waals surface area (Å²) >= 11 is 0. The molecule has 2 amide bonds. The lowest BCUT2D eigenvalue weighted by atomic mass is 9.85. The van der Waals surface area contributed by atoms with Crippen LogP contribution in [0.25, 0.3) is 6.08 Å². The summed E-state index contributed by atoms with van der Waals surface area (Å²) in [5.74, 6) is -1.56. The molecule has 0 radical (unpaired) electrons. The van der Waals surface area contributed by atoms with E-state index in [2.05, 4.69) is 10.3 Å². The molecule has 174 valence electrons. The predicted molar refractivity (Wildman–Crippen MR) is 117 cm³/mol. The van der Waals surface area contributed by atoms with Crippen molar-refractivity contribution in [2.45, 2.75) is 64.8 Å². The van der Waals surface area contributed by atoms with Gasteiger partial charge in [0, 0.05) is 13.0 Å². The highest BCUT2D eigenvalue weighted by atomic mass is 16.5. The fourth-order valence-corrected chi connectivity index (χ4v) is 3.81. The highest BCUT2D eigenvalue weighted by Crippen LogP contribution is 2.27. The van der Waals surface area contributed by atoms with Gasteiger partial charge in [0.2, 0.25) is 5.91 Å². The van der Waals surface area contributed by atoms with Crippen molar-refractivity contribution < 1.29 is 29.0 Å². The molecule has 3 rings (SSSR count). The smallest absolute Gasteiger partial charge is 0.407 e. The Labute approximate surface area is 187 Å². The fourth-order valence-electron chi connectivity index (χ4n) is 3.81. The number of amides is 2. The Hall–Kier alpha value is -2.94. The van der Waals surface area contributed by atoms with E-state index in [9.17, 15) is 19.5 Å². The first kappa shape index (κ1) is 23.7. The van der Waals surface area contributed by atoms with Crippen LogP contribution in [-0.4, -0.2) is 64.3 Å². The highest BCUT2D eigenvalue weighted by molar-refractivity contribution is 5.90. The molecule has 0 aromatic carbocycles. The summed E-state index contributed by atoms with van der Waals surface area (Å²) in [5.41, 5.74) is 0.866. The van der Waals surface area contributed by atoms with Crippen LogP contribution in [0.3, 0.4) is 0 Å². The zero-order valence-corrected chi connectivity index (χ0v) is 18.7. The molecule has 32 heavy (non-hydrogen) atoms. The van der Waals surface area contributed by atoms with E-state index in [4.69, 9.17) is 9.47 Å². The molecule has 1 aromatic heterocycles. The SMILES string of the molecule is CC(C)(C)[C@@H]1NC(=O)OCCCC=Cc2cccc(n2)CO[C@@H]2C[C@@H](C(=O)O)N(C2)C1=O. The van der Waals surface area contributed by atoms with E-state index in [1.54, 1.807) is 0 Å². The summed E-state index contributed by atoms with van der Waals surface area (Å²) in [6.45, 7) is 5.97. The Balaban J connectivity index is 1.86. The van der Waals surface area contributed by atoms with Gasteiger partial charge in [-0.05, 0) is 36.5 Å². The molecule has 3 heterocycles. The number of alkyl carbamates (subject to hydrolysis) is 1. The van der Waals surface area contributed by atoms with E-state index in [1.807, 2.05) is 51.1 Å². The molecule has 3 atom stereocenters. The number of hydrogen-bond donors (Lipinski definition) is 2. The number of nitrogens with one attached hydrogen (secondary N) is 1. The van der Waals surface area contributed by atoms with Crippen molar-refractivity contribution in [3.05, 3.63) is 35.7 Å². The second-order valence-electron chi connectivity index (χ2n) is 9.19. The van der Waals surface area contributed by atoms with Crippen LogP contribution in [0.2, 0.25) is 0 Å². The quantitative estimate of drug-likeness (QED) is 0.682. The zero-order valence-electron chi connectivity index (χ0n) is 18.7. The maximum absolute atomic E-state index is 13.4. The number of nitrogens with zero attached hydrogens (tertiary/aromatic N) is 2.